The number of hydrogen-bond donors (Lipinski definition) is 2. The van der Waals surface area contributed by atoms with Crippen LogP contribution in [-0.2, 0) is 14.3 Å². The second-order valence-corrected chi connectivity index (χ2v) is 6.76. The lowest BCUT2D eigenvalue weighted by Gasteiger charge is -2.19. The van der Waals surface area contributed by atoms with Gasteiger partial charge < -0.3 is 20.1 Å². The molecule has 2 unspecified atom stereocenters. The molecular formula is C17H21ClN2O4. The average Bonchev–Trinajstić information content (AvgIpc) is 3.28. The smallest absolute Gasteiger partial charge is 0.258 e. The van der Waals surface area contributed by atoms with Crippen molar-refractivity contribution in [2.75, 3.05) is 20.3 Å². The minimum atomic E-state index is -0.149. The number of carbonyl (C=O) groups is 2. The summed E-state index contributed by atoms with van der Waals surface area (Å²) in [5.74, 6) is 1.27. The molecule has 2 saturated carbocycles. The molecule has 0 heterocycles. The Balaban J connectivity index is 1.42. The second-order valence-electron chi connectivity index (χ2n) is 6.32. The number of rotatable bonds is 7. The lowest BCUT2D eigenvalue weighted by atomic mass is 10.1. The largest absolute Gasteiger partial charge is 0.484 e. The quantitative estimate of drug-likeness (QED) is 0.777. The Hall–Kier alpha value is -1.79. The molecule has 24 heavy (non-hydrogen) atoms. The van der Waals surface area contributed by atoms with Crippen LogP contribution in [0.4, 0.5) is 0 Å². The van der Waals surface area contributed by atoms with Crippen molar-refractivity contribution in [1.82, 2.24) is 10.6 Å². The van der Waals surface area contributed by atoms with E-state index >= 15 is 0 Å². The van der Waals surface area contributed by atoms with Crippen molar-refractivity contribution in [3.05, 3.63) is 29.3 Å². The Labute approximate surface area is 145 Å². The van der Waals surface area contributed by atoms with Crippen LogP contribution in [0.2, 0.25) is 5.02 Å². The zero-order chi connectivity index (χ0) is 17.1. The SMILES string of the molecule is COCC(=O)N[C@@H]1C[C@H](NC(=O)COc2ccc(Cl)cc2)C2CC21. The van der Waals surface area contributed by atoms with Gasteiger partial charge in [0.1, 0.15) is 12.4 Å². The van der Waals surface area contributed by atoms with Gasteiger partial charge in [0, 0.05) is 24.2 Å². The Kier molecular flexibility index (Phi) is 5.26. The topological polar surface area (TPSA) is 76.7 Å². The van der Waals surface area contributed by atoms with Crippen molar-refractivity contribution in [1.29, 1.82) is 0 Å². The fourth-order valence-corrected chi connectivity index (χ4v) is 3.55. The zero-order valence-corrected chi connectivity index (χ0v) is 14.2. The molecule has 2 aliphatic rings. The van der Waals surface area contributed by atoms with E-state index in [1.54, 1.807) is 24.3 Å². The van der Waals surface area contributed by atoms with E-state index in [1.165, 1.54) is 7.11 Å². The van der Waals surface area contributed by atoms with Crippen LogP contribution in [0.5, 0.6) is 5.75 Å². The number of benzene rings is 1. The van der Waals surface area contributed by atoms with Crippen molar-refractivity contribution in [2.24, 2.45) is 11.8 Å². The number of ether oxygens (including phenoxy) is 2. The summed E-state index contributed by atoms with van der Waals surface area (Å²) in [4.78, 5) is 23.7. The van der Waals surface area contributed by atoms with Crippen LogP contribution in [0.3, 0.4) is 0 Å². The Morgan fingerprint density at radius 1 is 1.04 bits per heavy atom. The van der Waals surface area contributed by atoms with Gasteiger partial charge in [-0.3, -0.25) is 9.59 Å². The summed E-state index contributed by atoms with van der Waals surface area (Å²) in [7, 11) is 1.50. The second kappa shape index (κ2) is 7.40. The lowest BCUT2D eigenvalue weighted by molar-refractivity contribution is -0.125. The van der Waals surface area contributed by atoms with E-state index in [0.717, 1.165) is 12.8 Å². The van der Waals surface area contributed by atoms with Crippen LogP contribution in [0.15, 0.2) is 24.3 Å². The summed E-state index contributed by atoms with van der Waals surface area (Å²) in [6.45, 7) is 0.0378. The molecule has 4 atom stereocenters. The standard InChI is InChI=1S/C17H21ClN2O4/c1-23-8-16(21)19-14-7-15(13-6-12(13)14)20-17(22)9-24-11-4-2-10(18)3-5-11/h2-5,12-15H,6-9H2,1H3,(H,19,21)(H,20,22)/t12?,13?,14-,15+/m1/s1. The zero-order valence-electron chi connectivity index (χ0n) is 13.5. The van der Waals surface area contributed by atoms with Gasteiger partial charge >= 0.3 is 0 Å². The van der Waals surface area contributed by atoms with Gasteiger partial charge in [-0.05, 0) is 48.9 Å². The van der Waals surface area contributed by atoms with Gasteiger partial charge in [-0.1, -0.05) is 11.6 Å². The molecule has 2 fully saturated rings. The average molecular weight is 353 g/mol. The fourth-order valence-electron chi connectivity index (χ4n) is 3.42. The van der Waals surface area contributed by atoms with Gasteiger partial charge in [-0.2, -0.15) is 0 Å². The number of hydrogen-bond acceptors (Lipinski definition) is 4. The van der Waals surface area contributed by atoms with Crippen LogP contribution in [0.1, 0.15) is 12.8 Å². The normalized spacial score (nSPS) is 27.2. The molecule has 2 aliphatic carbocycles. The highest BCUT2D eigenvalue weighted by molar-refractivity contribution is 6.30. The summed E-state index contributed by atoms with van der Waals surface area (Å²) in [6.07, 6.45) is 1.80. The molecule has 0 bridgehead atoms. The predicted molar refractivity (Wildman–Crippen MR) is 88.9 cm³/mol. The van der Waals surface area contributed by atoms with Gasteiger partial charge in [0.15, 0.2) is 6.61 Å². The minimum absolute atomic E-state index is 0.0315. The molecule has 0 saturated heterocycles. The van der Waals surface area contributed by atoms with Gasteiger partial charge in [0.05, 0.1) is 0 Å². The van der Waals surface area contributed by atoms with Crippen LogP contribution in [0, 0.1) is 11.8 Å². The van der Waals surface area contributed by atoms with Gasteiger partial charge in [0.2, 0.25) is 5.91 Å². The number of amides is 2. The molecule has 3 rings (SSSR count). The summed E-state index contributed by atoms with van der Waals surface area (Å²) < 4.78 is 10.3. The first-order valence-electron chi connectivity index (χ1n) is 8.03. The molecular weight excluding hydrogens is 332 g/mol. The third kappa shape index (κ3) is 4.19. The van der Waals surface area contributed by atoms with Crippen molar-refractivity contribution in [2.45, 2.75) is 24.9 Å². The first-order chi connectivity index (χ1) is 11.6. The first kappa shape index (κ1) is 17.0. The van der Waals surface area contributed by atoms with Crippen molar-refractivity contribution in [3.63, 3.8) is 0 Å². The Morgan fingerprint density at radius 3 is 2.21 bits per heavy atom. The summed E-state index contributed by atoms with van der Waals surface area (Å²) in [5, 5.41) is 6.62. The van der Waals surface area contributed by atoms with Crippen molar-refractivity contribution >= 4 is 23.4 Å². The molecule has 6 nitrogen and oxygen atoms in total. The molecule has 2 N–H and O–H groups in total. The molecule has 1 aromatic carbocycles. The Bertz CT molecular complexity index is 607. The monoisotopic (exact) mass is 352 g/mol. The van der Waals surface area contributed by atoms with Crippen LogP contribution < -0.4 is 15.4 Å². The molecule has 0 spiro atoms. The van der Waals surface area contributed by atoms with E-state index in [4.69, 9.17) is 21.1 Å². The van der Waals surface area contributed by atoms with Gasteiger partial charge in [-0.25, -0.2) is 0 Å². The van der Waals surface area contributed by atoms with Gasteiger partial charge in [-0.15, -0.1) is 0 Å². The highest BCUT2D eigenvalue weighted by atomic mass is 35.5. The fraction of sp³-hybridized carbons (Fsp3) is 0.529. The molecule has 130 valence electrons. The van der Waals surface area contributed by atoms with E-state index in [2.05, 4.69) is 10.6 Å². The van der Waals surface area contributed by atoms with E-state index < -0.39 is 0 Å². The number of carbonyl (C=O) groups excluding carboxylic acids is 2. The molecule has 2 amide bonds. The van der Waals surface area contributed by atoms with E-state index in [0.29, 0.717) is 22.6 Å². The molecule has 1 aromatic rings. The third-order valence-corrected chi connectivity index (χ3v) is 4.84. The minimum Gasteiger partial charge on any atom is -0.484 e. The molecule has 0 aromatic heterocycles. The highest BCUT2D eigenvalue weighted by Crippen LogP contribution is 2.51. The number of methoxy groups -OCH3 is 1. The summed E-state index contributed by atoms with van der Waals surface area (Å²) in [6, 6.07) is 7.11. The predicted octanol–water partition coefficient (Wildman–Crippen LogP) is 1.37. The summed E-state index contributed by atoms with van der Waals surface area (Å²) >= 11 is 5.81. The third-order valence-electron chi connectivity index (χ3n) is 4.58. The lowest BCUT2D eigenvalue weighted by Crippen LogP contribution is -2.42. The van der Waals surface area contributed by atoms with Crippen LogP contribution in [0.25, 0.3) is 0 Å². The number of nitrogens with one attached hydrogen (secondary N) is 2. The van der Waals surface area contributed by atoms with Crippen LogP contribution in [-0.4, -0.2) is 44.2 Å². The Morgan fingerprint density at radius 2 is 1.62 bits per heavy atom. The molecule has 7 heteroatoms. The van der Waals surface area contributed by atoms with Crippen molar-refractivity contribution in [3.8, 4) is 5.75 Å². The summed E-state index contributed by atoms with van der Waals surface area (Å²) in [5.41, 5.74) is 0. The number of fused-ring (bicyclic) bond motifs is 1. The maximum Gasteiger partial charge on any atom is 0.258 e. The molecule has 0 radical (unpaired) electrons. The molecule has 0 aliphatic heterocycles. The first-order valence-corrected chi connectivity index (χ1v) is 8.40. The van der Waals surface area contributed by atoms with Crippen LogP contribution >= 0.6 is 11.6 Å². The number of halogens is 1. The van der Waals surface area contributed by atoms with Gasteiger partial charge in [0.25, 0.3) is 5.91 Å². The van der Waals surface area contributed by atoms with E-state index in [1.807, 2.05) is 0 Å². The maximum absolute atomic E-state index is 12.1. The van der Waals surface area contributed by atoms with E-state index in [-0.39, 0.29) is 37.1 Å². The highest BCUT2D eigenvalue weighted by Gasteiger charge is 2.55. The maximum atomic E-state index is 12.1. The van der Waals surface area contributed by atoms with E-state index in [9.17, 15) is 9.59 Å². The van der Waals surface area contributed by atoms with Crippen molar-refractivity contribution < 1.29 is 19.1 Å².